The number of rotatable bonds is 3. The van der Waals surface area contributed by atoms with Gasteiger partial charge in [0, 0.05) is 17.0 Å². The molecule has 0 aliphatic heterocycles. The first-order chi connectivity index (χ1) is 11.6. The maximum Gasteiger partial charge on any atom is 0.175 e. The fourth-order valence-electron chi connectivity index (χ4n) is 2.83. The highest BCUT2D eigenvalue weighted by Crippen LogP contribution is 2.38. The van der Waals surface area contributed by atoms with Gasteiger partial charge in [0.1, 0.15) is 22.7 Å². The van der Waals surface area contributed by atoms with Gasteiger partial charge in [0.2, 0.25) is 0 Å². The molecule has 120 valence electrons. The zero-order valence-electron chi connectivity index (χ0n) is 13.6. The molecule has 0 saturated heterocycles. The molecule has 0 amide bonds. The maximum atomic E-state index is 5.12. The minimum Gasteiger partial charge on any atom is -0.360 e. The first-order valence-corrected chi connectivity index (χ1v) is 8.50. The monoisotopic (exact) mass is 336 g/mol. The summed E-state index contributed by atoms with van der Waals surface area (Å²) in [5.74, 6) is 2.14. The number of hydrogen-bond donors (Lipinski definition) is 1. The highest BCUT2D eigenvalue weighted by atomic mass is 32.1. The zero-order valence-corrected chi connectivity index (χ0v) is 14.4. The lowest BCUT2D eigenvalue weighted by molar-refractivity contribution is 0.400. The summed E-state index contributed by atoms with van der Waals surface area (Å²) in [6.07, 6.45) is 1.57. The molecular formula is C18H16N4OS. The minimum atomic E-state index is 0.644. The molecule has 0 radical (unpaired) electrons. The molecule has 4 rings (SSSR count). The van der Waals surface area contributed by atoms with Crippen LogP contribution >= 0.6 is 11.3 Å². The summed E-state index contributed by atoms with van der Waals surface area (Å²) in [5.41, 5.74) is 4.82. The van der Waals surface area contributed by atoms with Crippen molar-refractivity contribution in [3.63, 3.8) is 0 Å². The topological polar surface area (TPSA) is 63.8 Å². The first kappa shape index (κ1) is 14.8. The average Bonchev–Trinajstić information content (AvgIpc) is 3.14. The maximum absolute atomic E-state index is 5.12. The Morgan fingerprint density at radius 3 is 2.67 bits per heavy atom. The Bertz CT molecular complexity index is 1030. The smallest absolute Gasteiger partial charge is 0.175 e. The van der Waals surface area contributed by atoms with Crippen LogP contribution in [0.2, 0.25) is 0 Å². The summed E-state index contributed by atoms with van der Waals surface area (Å²) in [7, 11) is 0. The predicted molar refractivity (Wildman–Crippen MR) is 96.8 cm³/mol. The van der Waals surface area contributed by atoms with E-state index in [0.717, 1.165) is 27.4 Å². The number of aromatic nitrogens is 3. The van der Waals surface area contributed by atoms with Crippen LogP contribution in [0.1, 0.15) is 16.9 Å². The van der Waals surface area contributed by atoms with E-state index < -0.39 is 0 Å². The van der Waals surface area contributed by atoms with Crippen molar-refractivity contribution >= 4 is 33.2 Å². The summed E-state index contributed by atoms with van der Waals surface area (Å²) in [5, 5.41) is 10.4. The van der Waals surface area contributed by atoms with Crippen LogP contribution in [0.4, 0.5) is 11.6 Å². The zero-order chi connectivity index (χ0) is 16.7. The van der Waals surface area contributed by atoms with E-state index in [4.69, 9.17) is 4.52 Å². The molecule has 0 aliphatic carbocycles. The summed E-state index contributed by atoms with van der Waals surface area (Å²) in [6, 6.07) is 8.32. The lowest BCUT2D eigenvalue weighted by atomic mass is 9.99. The van der Waals surface area contributed by atoms with Crippen molar-refractivity contribution in [2.45, 2.75) is 20.8 Å². The Balaban J connectivity index is 1.88. The Hall–Kier alpha value is -2.73. The highest BCUT2D eigenvalue weighted by molar-refractivity contribution is 7.17. The van der Waals surface area contributed by atoms with Gasteiger partial charge in [0.15, 0.2) is 5.82 Å². The van der Waals surface area contributed by atoms with Crippen LogP contribution < -0.4 is 5.32 Å². The SMILES string of the molecule is Cc1ccc(-c2csc3ncnc(Nc4cc(C)on4)c23)c(C)c1. The summed E-state index contributed by atoms with van der Waals surface area (Å²) in [6.45, 7) is 6.09. The lowest BCUT2D eigenvalue weighted by Crippen LogP contribution is -1.96. The third-order valence-electron chi connectivity index (χ3n) is 3.92. The van der Waals surface area contributed by atoms with Crippen LogP contribution in [-0.4, -0.2) is 15.1 Å². The molecule has 1 N–H and O–H groups in total. The molecule has 0 spiro atoms. The highest BCUT2D eigenvalue weighted by Gasteiger charge is 2.15. The Kier molecular flexibility index (Phi) is 3.54. The van der Waals surface area contributed by atoms with Crippen LogP contribution in [0, 0.1) is 20.8 Å². The second kappa shape index (κ2) is 5.72. The Labute approximate surface area is 143 Å². The van der Waals surface area contributed by atoms with E-state index in [1.54, 1.807) is 17.7 Å². The summed E-state index contributed by atoms with van der Waals surface area (Å²) in [4.78, 5) is 9.77. The fourth-order valence-corrected chi connectivity index (χ4v) is 3.74. The van der Waals surface area contributed by atoms with Gasteiger partial charge >= 0.3 is 0 Å². The largest absolute Gasteiger partial charge is 0.360 e. The molecule has 6 heteroatoms. The fraction of sp³-hybridized carbons (Fsp3) is 0.167. The van der Waals surface area contributed by atoms with E-state index in [1.165, 1.54) is 16.7 Å². The number of nitrogens with one attached hydrogen (secondary N) is 1. The van der Waals surface area contributed by atoms with Gasteiger partial charge in [0.25, 0.3) is 0 Å². The number of nitrogens with zero attached hydrogens (tertiary/aromatic N) is 3. The standard InChI is InChI=1S/C18H16N4OS/c1-10-4-5-13(11(2)6-10)14-8-24-18-16(14)17(19-9-20-18)21-15-7-12(3)23-22-15/h4-9H,1-3H3,(H,19,20,21,22). The number of hydrogen-bond acceptors (Lipinski definition) is 6. The second-order valence-electron chi connectivity index (χ2n) is 5.82. The normalized spacial score (nSPS) is 11.1. The van der Waals surface area contributed by atoms with Crippen molar-refractivity contribution < 1.29 is 4.52 Å². The van der Waals surface area contributed by atoms with E-state index in [1.807, 2.05) is 13.0 Å². The van der Waals surface area contributed by atoms with Crippen LogP contribution in [0.5, 0.6) is 0 Å². The van der Waals surface area contributed by atoms with E-state index in [-0.39, 0.29) is 0 Å². The van der Waals surface area contributed by atoms with Crippen molar-refractivity contribution in [1.29, 1.82) is 0 Å². The van der Waals surface area contributed by atoms with Crippen molar-refractivity contribution in [2.75, 3.05) is 5.32 Å². The molecule has 5 nitrogen and oxygen atoms in total. The number of anilines is 2. The van der Waals surface area contributed by atoms with Crippen molar-refractivity contribution in [3.8, 4) is 11.1 Å². The van der Waals surface area contributed by atoms with E-state index >= 15 is 0 Å². The van der Waals surface area contributed by atoms with Crippen molar-refractivity contribution in [1.82, 2.24) is 15.1 Å². The number of benzene rings is 1. The number of thiophene rings is 1. The molecule has 0 unspecified atom stereocenters. The van der Waals surface area contributed by atoms with Gasteiger partial charge in [-0.25, -0.2) is 9.97 Å². The molecule has 4 aromatic rings. The van der Waals surface area contributed by atoms with E-state index in [0.29, 0.717) is 5.82 Å². The molecule has 0 atom stereocenters. The third-order valence-corrected chi connectivity index (χ3v) is 4.80. The van der Waals surface area contributed by atoms with Gasteiger partial charge < -0.3 is 9.84 Å². The van der Waals surface area contributed by atoms with Gasteiger partial charge in [-0.2, -0.15) is 0 Å². The van der Waals surface area contributed by atoms with Crippen molar-refractivity contribution in [3.05, 3.63) is 52.9 Å². The minimum absolute atomic E-state index is 0.644. The molecule has 24 heavy (non-hydrogen) atoms. The van der Waals surface area contributed by atoms with Crippen LogP contribution in [0.3, 0.4) is 0 Å². The van der Waals surface area contributed by atoms with E-state index in [2.05, 4.69) is 57.9 Å². The molecule has 0 aliphatic rings. The quantitative estimate of drug-likeness (QED) is 0.569. The second-order valence-corrected chi connectivity index (χ2v) is 6.68. The van der Waals surface area contributed by atoms with Gasteiger partial charge in [-0.05, 0) is 31.9 Å². The Morgan fingerprint density at radius 1 is 1.04 bits per heavy atom. The molecule has 1 aromatic carbocycles. The molecule has 0 bridgehead atoms. The molecule has 3 heterocycles. The molecule has 0 fully saturated rings. The molecular weight excluding hydrogens is 320 g/mol. The summed E-state index contributed by atoms with van der Waals surface area (Å²) < 4.78 is 5.12. The predicted octanol–water partition coefficient (Wildman–Crippen LogP) is 5.02. The molecule has 3 aromatic heterocycles. The van der Waals surface area contributed by atoms with Gasteiger partial charge in [-0.1, -0.05) is 28.9 Å². The Morgan fingerprint density at radius 2 is 1.92 bits per heavy atom. The van der Waals surface area contributed by atoms with Gasteiger partial charge in [0.05, 0.1) is 5.39 Å². The molecule has 0 saturated carbocycles. The van der Waals surface area contributed by atoms with Gasteiger partial charge in [-0.15, -0.1) is 11.3 Å². The first-order valence-electron chi connectivity index (χ1n) is 7.62. The van der Waals surface area contributed by atoms with Crippen LogP contribution in [0.25, 0.3) is 21.3 Å². The van der Waals surface area contributed by atoms with E-state index in [9.17, 15) is 0 Å². The number of aryl methyl sites for hydroxylation is 3. The lowest BCUT2D eigenvalue weighted by Gasteiger charge is -2.08. The van der Waals surface area contributed by atoms with Crippen LogP contribution in [0.15, 0.2) is 40.5 Å². The third kappa shape index (κ3) is 2.55. The number of fused-ring (bicyclic) bond motifs is 1. The summed E-state index contributed by atoms with van der Waals surface area (Å²) >= 11 is 1.62. The average molecular weight is 336 g/mol. The van der Waals surface area contributed by atoms with Crippen molar-refractivity contribution in [2.24, 2.45) is 0 Å². The van der Waals surface area contributed by atoms with Gasteiger partial charge in [-0.3, -0.25) is 0 Å². The van der Waals surface area contributed by atoms with Crippen LogP contribution in [-0.2, 0) is 0 Å².